The fourth-order valence-electron chi connectivity index (χ4n) is 3.22. The van der Waals surface area contributed by atoms with Crippen LogP contribution in [0.1, 0.15) is 30.0 Å². The average molecular weight is 333 g/mol. The molecule has 5 heteroatoms. The van der Waals surface area contributed by atoms with E-state index in [9.17, 15) is 4.79 Å². The van der Waals surface area contributed by atoms with Crippen LogP contribution in [0.2, 0.25) is 0 Å². The zero-order valence-corrected chi connectivity index (χ0v) is 15.2. The first-order valence-corrected chi connectivity index (χ1v) is 8.88. The van der Waals surface area contributed by atoms with Crippen molar-refractivity contribution in [3.05, 3.63) is 35.4 Å². The lowest BCUT2D eigenvalue weighted by molar-refractivity contribution is -0.138. The number of amides is 1. The minimum atomic E-state index is -0.216. The Labute approximate surface area is 145 Å². The van der Waals surface area contributed by atoms with Crippen LogP contribution in [0.4, 0.5) is 0 Å². The Hall–Kier alpha value is -1.43. The molecular formula is C19H31N3O2. The summed E-state index contributed by atoms with van der Waals surface area (Å²) < 4.78 is 0. The molecule has 0 saturated carbocycles. The summed E-state index contributed by atoms with van der Waals surface area (Å²) in [7, 11) is 3.93. The van der Waals surface area contributed by atoms with E-state index in [1.165, 1.54) is 5.56 Å². The number of benzene rings is 1. The number of carbonyl (C=O) groups is 1. The molecular weight excluding hydrogens is 302 g/mol. The number of unbranched alkanes of at least 4 members (excludes halogenated alkanes) is 1. The number of hydrogen-bond donors (Lipinski definition) is 1. The number of nitrogens with zero attached hydrogens (tertiary/aromatic N) is 3. The second-order valence-corrected chi connectivity index (χ2v) is 6.87. The lowest BCUT2D eigenvalue weighted by atomic mass is 10.0. The van der Waals surface area contributed by atoms with Gasteiger partial charge in [-0.05, 0) is 46.0 Å². The maximum atomic E-state index is 13.0. The molecule has 0 aromatic heterocycles. The maximum absolute atomic E-state index is 13.0. The van der Waals surface area contributed by atoms with Crippen molar-refractivity contribution in [3.63, 3.8) is 0 Å². The predicted octanol–water partition coefficient (Wildman–Crippen LogP) is 1.51. The van der Waals surface area contributed by atoms with Gasteiger partial charge in [-0.25, -0.2) is 0 Å². The van der Waals surface area contributed by atoms with Gasteiger partial charge in [0.2, 0.25) is 5.91 Å². The third-order valence-electron chi connectivity index (χ3n) is 4.71. The van der Waals surface area contributed by atoms with Crippen LogP contribution < -0.4 is 0 Å². The van der Waals surface area contributed by atoms with E-state index in [0.717, 1.165) is 51.1 Å². The minimum absolute atomic E-state index is 0.193. The molecule has 1 heterocycles. The number of carbonyl (C=O) groups excluding carboxylic acids is 1. The Bertz CT molecular complexity index is 508. The number of rotatable bonds is 7. The first-order valence-electron chi connectivity index (χ1n) is 8.88. The van der Waals surface area contributed by atoms with Gasteiger partial charge in [-0.3, -0.25) is 14.6 Å². The highest BCUT2D eigenvalue weighted by Crippen LogP contribution is 2.22. The predicted molar refractivity (Wildman–Crippen MR) is 96.9 cm³/mol. The van der Waals surface area contributed by atoms with Crippen LogP contribution in [0.25, 0.3) is 0 Å². The van der Waals surface area contributed by atoms with E-state index in [1.54, 1.807) is 0 Å². The molecule has 1 aliphatic rings. The Morgan fingerprint density at radius 3 is 2.29 bits per heavy atom. The number of aliphatic hydroxyl groups excluding tert-OH is 1. The maximum Gasteiger partial charge on any atom is 0.244 e. The molecule has 134 valence electrons. The highest BCUT2D eigenvalue weighted by atomic mass is 16.3. The Morgan fingerprint density at radius 1 is 1.12 bits per heavy atom. The van der Waals surface area contributed by atoms with Gasteiger partial charge < -0.3 is 10.0 Å². The largest absolute Gasteiger partial charge is 0.396 e. The van der Waals surface area contributed by atoms with E-state index in [2.05, 4.69) is 36.1 Å². The van der Waals surface area contributed by atoms with Gasteiger partial charge in [0.15, 0.2) is 0 Å². The van der Waals surface area contributed by atoms with Crippen molar-refractivity contribution in [3.8, 4) is 0 Å². The number of hydrogen-bond acceptors (Lipinski definition) is 4. The van der Waals surface area contributed by atoms with Crippen LogP contribution in [0, 0.1) is 6.92 Å². The Balaban J connectivity index is 1.95. The molecule has 1 aromatic rings. The third kappa shape index (κ3) is 5.03. The number of aliphatic hydroxyl groups is 1. The molecule has 1 N–H and O–H groups in total. The monoisotopic (exact) mass is 333 g/mol. The fraction of sp³-hybridized carbons (Fsp3) is 0.632. The summed E-state index contributed by atoms with van der Waals surface area (Å²) in [5.41, 5.74) is 2.26. The topological polar surface area (TPSA) is 47.0 Å². The smallest absolute Gasteiger partial charge is 0.244 e. The molecule has 0 spiro atoms. The molecule has 0 radical (unpaired) electrons. The molecule has 1 aromatic carbocycles. The lowest BCUT2D eigenvalue weighted by Gasteiger charge is -2.37. The van der Waals surface area contributed by atoms with Crippen LogP contribution in [0.15, 0.2) is 24.3 Å². The van der Waals surface area contributed by atoms with E-state index >= 15 is 0 Å². The van der Waals surface area contributed by atoms with Gasteiger partial charge >= 0.3 is 0 Å². The first-order chi connectivity index (χ1) is 11.5. The zero-order chi connectivity index (χ0) is 17.5. The highest BCUT2D eigenvalue weighted by Gasteiger charge is 2.29. The lowest BCUT2D eigenvalue weighted by Crippen LogP contribution is -2.51. The van der Waals surface area contributed by atoms with Gasteiger partial charge in [0.25, 0.3) is 0 Å². The fourth-order valence-corrected chi connectivity index (χ4v) is 3.22. The van der Waals surface area contributed by atoms with Crippen LogP contribution in [0.5, 0.6) is 0 Å². The van der Waals surface area contributed by atoms with E-state index in [-0.39, 0.29) is 18.6 Å². The van der Waals surface area contributed by atoms with E-state index in [4.69, 9.17) is 5.11 Å². The van der Waals surface area contributed by atoms with E-state index in [1.807, 2.05) is 23.9 Å². The normalized spacial score (nSPS) is 17.3. The van der Waals surface area contributed by atoms with Gasteiger partial charge in [0, 0.05) is 32.8 Å². The molecule has 1 fully saturated rings. The summed E-state index contributed by atoms with van der Waals surface area (Å²) in [5, 5.41) is 8.87. The molecule has 24 heavy (non-hydrogen) atoms. The zero-order valence-electron chi connectivity index (χ0n) is 15.2. The van der Waals surface area contributed by atoms with Gasteiger partial charge in [-0.1, -0.05) is 29.8 Å². The quantitative estimate of drug-likeness (QED) is 0.769. The molecule has 1 amide bonds. The molecule has 1 aliphatic heterocycles. The molecule has 5 nitrogen and oxygen atoms in total. The summed E-state index contributed by atoms with van der Waals surface area (Å²) in [6.45, 7) is 6.75. The SMILES string of the molecule is Cc1ccc([C@@H](C(=O)N2CCN(CCCCO)CC2)N(C)C)cc1. The van der Waals surface area contributed by atoms with Crippen molar-refractivity contribution in [1.82, 2.24) is 14.7 Å². The van der Waals surface area contributed by atoms with Gasteiger partial charge in [0.05, 0.1) is 0 Å². The van der Waals surface area contributed by atoms with Crippen LogP contribution in [-0.4, -0.2) is 79.1 Å². The van der Waals surface area contributed by atoms with Crippen molar-refractivity contribution in [2.45, 2.75) is 25.8 Å². The standard InChI is InChI=1S/C19H31N3O2/c1-16-6-8-17(9-7-16)18(20(2)3)19(24)22-13-11-21(12-14-22)10-4-5-15-23/h6-9,18,23H,4-5,10-15H2,1-3H3/t18-/m0/s1. The molecule has 0 aliphatic carbocycles. The van der Waals surface area contributed by atoms with Gasteiger partial charge in [-0.15, -0.1) is 0 Å². The highest BCUT2D eigenvalue weighted by molar-refractivity contribution is 5.83. The summed E-state index contributed by atoms with van der Waals surface area (Å²) >= 11 is 0. The minimum Gasteiger partial charge on any atom is -0.396 e. The molecule has 2 rings (SSSR count). The second-order valence-electron chi connectivity index (χ2n) is 6.87. The van der Waals surface area contributed by atoms with Crippen LogP contribution in [-0.2, 0) is 4.79 Å². The molecule has 0 bridgehead atoms. The summed E-state index contributed by atoms with van der Waals surface area (Å²) in [6.07, 6.45) is 1.88. The number of piperazine rings is 1. The first kappa shape index (κ1) is 18.9. The van der Waals surface area contributed by atoms with Crippen molar-refractivity contribution >= 4 is 5.91 Å². The van der Waals surface area contributed by atoms with Crippen molar-refractivity contribution < 1.29 is 9.90 Å². The van der Waals surface area contributed by atoms with Crippen molar-refractivity contribution in [2.24, 2.45) is 0 Å². The Morgan fingerprint density at radius 2 is 1.75 bits per heavy atom. The number of aryl methyl sites for hydroxylation is 1. The average Bonchev–Trinajstić information content (AvgIpc) is 2.57. The summed E-state index contributed by atoms with van der Waals surface area (Å²) in [4.78, 5) is 19.4. The Kier molecular flexibility index (Phi) is 7.21. The number of likely N-dealkylation sites (N-methyl/N-ethyl adjacent to an activating group) is 1. The van der Waals surface area contributed by atoms with E-state index < -0.39 is 0 Å². The van der Waals surface area contributed by atoms with E-state index in [0.29, 0.717) is 0 Å². The van der Waals surface area contributed by atoms with Crippen LogP contribution in [0.3, 0.4) is 0 Å². The third-order valence-corrected chi connectivity index (χ3v) is 4.71. The van der Waals surface area contributed by atoms with Crippen molar-refractivity contribution in [2.75, 3.05) is 53.4 Å². The van der Waals surface area contributed by atoms with Crippen molar-refractivity contribution in [1.29, 1.82) is 0 Å². The summed E-state index contributed by atoms with van der Waals surface area (Å²) in [5.74, 6) is 0.193. The molecule has 1 saturated heterocycles. The molecule has 0 unspecified atom stereocenters. The molecule has 1 atom stereocenters. The van der Waals surface area contributed by atoms with Gasteiger partial charge in [-0.2, -0.15) is 0 Å². The van der Waals surface area contributed by atoms with Crippen LogP contribution >= 0.6 is 0 Å². The summed E-state index contributed by atoms with van der Waals surface area (Å²) in [6, 6.07) is 8.04. The van der Waals surface area contributed by atoms with Gasteiger partial charge in [0.1, 0.15) is 6.04 Å². The second kappa shape index (κ2) is 9.16.